The number of hydrogen-bond acceptors (Lipinski definition) is 2. The minimum Gasteiger partial charge on any atom is -0.322 e. The van der Waals surface area contributed by atoms with Gasteiger partial charge < -0.3 is 10.3 Å². The van der Waals surface area contributed by atoms with E-state index in [1.807, 2.05) is 30.3 Å². The van der Waals surface area contributed by atoms with Crippen molar-refractivity contribution in [1.29, 1.82) is 0 Å². The van der Waals surface area contributed by atoms with Gasteiger partial charge in [-0.05, 0) is 11.6 Å². The summed E-state index contributed by atoms with van der Waals surface area (Å²) in [7, 11) is 0. The largest absolute Gasteiger partial charge is 0.322 e. The van der Waals surface area contributed by atoms with Crippen molar-refractivity contribution in [2.45, 2.75) is 12.6 Å². The maximum atomic E-state index is 11.7. The predicted molar refractivity (Wildman–Crippen MR) is 72.0 cm³/mol. The van der Waals surface area contributed by atoms with Gasteiger partial charge in [0, 0.05) is 30.4 Å². The van der Waals surface area contributed by atoms with Gasteiger partial charge in [0.2, 0.25) is 0 Å². The highest BCUT2D eigenvalue weighted by Crippen LogP contribution is 2.11. The fourth-order valence-electron chi connectivity index (χ4n) is 1.78. The van der Waals surface area contributed by atoms with Crippen molar-refractivity contribution in [2.75, 3.05) is 0 Å². The van der Waals surface area contributed by atoms with E-state index in [-0.39, 0.29) is 11.6 Å². The maximum Gasteiger partial charge on any atom is 0.250 e. The van der Waals surface area contributed by atoms with E-state index in [0.717, 1.165) is 5.56 Å². The van der Waals surface area contributed by atoms with Gasteiger partial charge >= 0.3 is 0 Å². The number of aromatic nitrogens is 1. The first-order valence-corrected chi connectivity index (χ1v) is 5.68. The molecule has 0 aliphatic carbocycles. The van der Waals surface area contributed by atoms with E-state index in [1.54, 1.807) is 16.8 Å². The average molecular weight is 238 g/mol. The van der Waals surface area contributed by atoms with Crippen LogP contribution in [0.4, 0.5) is 0 Å². The SMILES string of the molecule is C#Cc1ccc(=O)n(CC(N)c2ccccc2)c1. The van der Waals surface area contributed by atoms with Gasteiger partial charge in [0.05, 0.1) is 0 Å². The number of hydrogen-bond donors (Lipinski definition) is 1. The van der Waals surface area contributed by atoms with Gasteiger partial charge in [0.15, 0.2) is 0 Å². The molecule has 2 N–H and O–H groups in total. The van der Waals surface area contributed by atoms with Crippen LogP contribution in [0.15, 0.2) is 53.5 Å². The lowest BCUT2D eigenvalue weighted by molar-refractivity contribution is 0.561. The summed E-state index contributed by atoms with van der Waals surface area (Å²) in [6, 6.07) is 12.5. The van der Waals surface area contributed by atoms with Gasteiger partial charge in [0.25, 0.3) is 5.56 Å². The molecule has 1 heterocycles. The van der Waals surface area contributed by atoms with Crippen LogP contribution >= 0.6 is 0 Å². The smallest absolute Gasteiger partial charge is 0.250 e. The third-order valence-corrected chi connectivity index (χ3v) is 2.77. The van der Waals surface area contributed by atoms with Crippen molar-refractivity contribution in [3.05, 3.63) is 70.1 Å². The van der Waals surface area contributed by atoms with Crippen LogP contribution in [0.2, 0.25) is 0 Å². The zero-order chi connectivity index (χ0) is 13.0. The molecule has 2 aromatic rings. The van der Waals surface area contributed by atoms with Gasteiger partial charge in [-0.3, -0.25) is 4.79 Å². The lowest BCUT2D eigenvalue weighted by Gasteiger charge is -2.14. The first-order valence-electron chi connectivity index (χ1n) is 5.68. The second kappa shape index (κ2) is 5.35. The Bertz CT molecular complexity index is 623. The molecule has 2 rings (SSSR count). The first-order chi connectivity index (χ1) is 8.70. The van der Waals surface area contributed by atoms with Gasteiger partial charge in [-0.2, -0.15) is 0 Å². The molecule has 1 atom stereocenters. The highest BCUT2D eigenvalue weighted by molar-refractivity contribution is 5.28. The second-order valence-corrected chi connectivity index (χ2v) is 4.07. The van der Waals surface area contributed by atoms with Crippen molar-refractivity contribution in [1.82, 2.24) is 4.57 Å². The number of rotatable bonds is 3. The zero-order valence-electron chi connectivity index (χ0n) is 9.91. The molecule has 0 saturated heterocycles. The van der Waals surface area contributed by atoms with Crippen LogP contribution in [0.5, 0.6) is 0 Å². The molecular weight excluding hydrogens is 224 g/mol. The second-order valence-electron chi connectivity index (χ2n) is 4.07. The molecule has 3 heteroatoms. The highest BCUT2D eigenvalue weighted by Gasteiger charge is 2.07. The Hall–Kier alpha value is -2.31. The Balaban J connectivity index is 2.25. The van der Waals surface area contributed by atoms with E-state index in [0.29, 0.717) is 12.1 Å². The predicted octanol–water partition coefficient (Wildman–Crippen LogP) is 1.53. The summed E-state index contributed by atoms with van der Waals surface area (Å²) in [6.07, 6.45) is 6.97. The lowest BCUT2D eigenvalue weighted by Crippen LogP contribution is -2.26. The quantitative estimate of drug-likeness (QED) is 0.824. The van der Waals surface area contributed by atoms with E-state index >= 15 is 0 Å². The Morgan fingerprint density at radius 1 is 1.22 bits per heavy atom. The van der Waals surface area contributed by atoms with Crippen molar-refractivity contribution < 1.29 is 0 Å². The molecule has 0 bridgehead atoms. The summed E-state index contributed by atoms with van der Waals surface area (Å²) in [5.74, 6) is 2.51. The molecule has 18 heavy (non-hydrogen) atoms. The minimum atomic E-state index is -0.225. The number of nitrogens with two attached hydrogens (primary N) is 1. The Morgan fingerprint density at radius 3 is 2.61 bits per heavy atom. The molecule has 0 spiro atoms. The van der Waals surface area contributed by atoms with E-state index in [2.05, 4.69) is 5.92 Å². The van der Waals surface area contributed by atoms with E-state index in [9.17, 15) is 4.79 Å². The molecule has 0 aliphatic rings. The van der Waals surface area contributed by atoms with E-state index in [4.69, 9.17) is 12.2 Å². The number of pyridine rings is 1. The molecule has 1 aromatic heterocycles. The molecular formula is C15H14N2O. The van der Waals surface area contributed by atoms with Crippen LogP contribution in [-0.4, -0.2) is 4.57 Å². The standard InChI is InChI=1S/C15H14N2O/c1-2-12-8-9-15(18)17(10-12)11-14(16)13-6-4-3-5-7-13/h1,3-10,14H,11,16H2. The van der Waals surface area contributed by atoms with Crippen molar-refractivity contribution in [3.63, 3.8) is 0 Å². The average Bonchev–Trinajstić information content (AvgIpc) is 2.42. The normalized spacial score (nSPS) is 11.8. The molecule has 0 aliphatic heterocycles. The topological polar surface area (TPSA) is 48.0 Å². The third kappa shape index (κ3) is 2.68. The Morgan fingerprint density at radius 2 is 1.94 bits per heavy atom. The van der Waals surface area contributed by atoms with Gasteiger partial charge in [-0.1, -0.05) is 36.3 Å². The molecule has 3 nitrogen and oxygen atoms in total. The van der Waals surface area contributed by atoms with Gasteiger partial charge in [0.1, 0.15) is 0 Å². The van der Waals surface area contributed by atoms with E-state index in [1.165, 1.54) is 6.07 Å². The number of terminal acetylenes is 1. The van der Waals surface area contributed by atoms with Gasteiger partial charge in [-0.15, -0.1) is 6.42 Å². The summed E-state index contributed by atoms with van der Waals surface area (Å²) in [5.41, 5.74) is 7.65. The highest BCUT2D eigenvalue weighted by atomic mass is 16.1. The van der Waals surface area contributed by atoms with Crippen LogP contribution in [0, 0.1) is 12.3 Å². The summed E-state index contributed by atoms with van der Waals surface area (Å²) in [5, 5.41) is 0. The number of nitrogens with zero attached hydrogens (tertiary/aromatic N) is 1. The van der Waals surface area contributed by atoms with E-state index < -0.39 is 0 Å². The summed E-state index contributed by atoms with van der Waals surface area (Å²) in [4.78, 5) is 11.7. The third-order valence-electron chi connectivity index (χ3n) is 2.77. The molecule has 1 aromatic carbocycles. The van der Waals surface area contributed by atoms with Gasteiger partial charge in [-0.25, -0.2) is 0 Å². The summed E-state index contributed by atoms with van der Waals surface area (Å²) >= 11 is 0. The fourth-order valence-corrected chi connectivity index (χ4v) is 1.78. The molecule has 1 unspecified atom stereocenters. The molecule has 0 amide bonds. The minimum absolute atomic E-state index is 0.0969. The van der Waals surface area contributed by atoms with Crippen LogP contribution < -0.4 is 11.3 Å². The first kappa shape index (κ1) is 12.2. The zero-order valence-corrected chi connectivity index (χ0v) is 9.91. The Labute approximate surface area is 106 Å². The monoisotopic (exact) mass is 238 g/mol. The van der Waals surface area contributed by atoms with Crippen LogP contribution in [0.1, 0.15) is 17.2 Å². The maximum absolute atomic E-state index is 11.7. The number of benzene rings is 1. The lowest BCUT2D eigenvalue weighted by atomic mass is 10.1. The Kier molecular flexibility index (Phi) is 3.61. The van der Waals surface area contributed by atoms with Crippen LogP contribution in [0.25, 0.3) is 0 Å². The molecule has 0 radical (unpaired) electrons. The van der Waals surface area contributed by atoms with Crippen molar-refractivity contribution >= 4 is 0 Å². The fraction of sp³-hybridized carbons (Fsp3) is 0.133. The molecule has 0 saturated carbocycles. The molecule has 90 valence electrons. The van der Waals surface area contributed by atoms with Crippen molar-refractivity contribution in [2.24, 2.45) is 5.73 Å². The van der Waals surface area contributed by atoms with Crippen LogP contribution in [-0.2, 0) is 6.54 Å². The molecule has 0 fully saturated rings. The summed E-state index contributed by atoms with van der Waals surface area (Å²) in [6.45, 7) is 0.415. The van der Waals surface area contributed by atoms with Crippen LogP contribution in [0.3, 0.4) is 0 Å². The summed E-state index contributed by atoms with van der Waals surface area (Å²) < 4.78 is 1.55. The van der Waals surface area contributed by atoms with Crippen molar-refractivity contribution in [3.8, 4) is 12.3 Å².